The van der Waals surface area contributed by atoms with Crippen molar-refractivity contribution >= 4 is 11.6 Å². The van der Waals surface area contributed by atoms with E-state index < -0.39 is 17.1 Å². The molecular weight excluding hydrogens is 424 g/mol. The average Bonchev–Trinajstić information content (AvgIpc) is 3.14. The fourth-order valence-electron chi connectivity index (χ4n) is 6.91. The van der Waals surface area contributed by atoms with Gasteiger partial charge in [0.1, 0.15) is 0 Å². The number of rotatable bonds is 1. The van der Waals surface area contributed by atoms with Gasteiger partial charge in [0.15, 0.2) is 17.6 Å². The van der Waals surface area contributed by atoms with E-state index in [0.29, 0.717) is 17.2 Å². The second-order valence-electron chi connectivity index (χ2n) is 9.74. The summed E-state index contributed by atoms with van der Waals surface area (Å²) in [6.07, 6.45) is 3.50. The number of piperidine rings is 1. The van der Waals surface area contributed by atoms with Crippen LogP contribution in [0.3, 0.4) is 0 Å². The van der Waals surface area contributed by atoms with E-state index in [1.54, 1.807) is 6.07 Å². The molecule has 1 saturated heterocycles. The number of phenols is 1. The zero-order valence-electron chi connectivity index (χ0n) is 17.7. The van der Waals surface area contributed by atoms with Crippen LogP contribution < -0.4 is 4.74 Å². The van der Waals surface area contributed by atoms with Crippen molar-refractivity contribution in [2.75, 3.05) is 13.6 Å². The number of aromatic hydroxyl groups is 1. The second-order valence-corrected chi connectivity index (χ2v) is 10.2. The van der Waals surface area contributed by atoms with Crippen LogP contribution in [0.2, 0.25) is 5.02 Å². The minimum absolute atomic E-state index is 0.0160. The van der Waals surface area contributed by atoms with Gasteiger partial charge in [0, 0.05) is 34.8 Å². The average molecular weight is 447 g/mol. The Kier molecular flexibility index (Phi) is 3.57. The molecule has 3 heterocycles. The first-order chi connectivity index (χ1) is 15.4. The number of benzene rings is 2. The summed E-state index contributed by atoms with van der Waals surface area (Å²) in [5.41, 5.74) is 4.50. The van der Waals surface area contributed by atoms with E-state index in [4.69, 9.17) is 21.3 Å². The second kappa shape index (κ2) is 6.04. The Balaban J connectivity index is 1.46. The van der Waals surface area contributed by atoms with E-state index in [9.17, 15) is 10.2 Å². The highest BCUT2D eigenvalue weighted by Gasteiger charge is 2.72. The van der Waals surface area contributed by atoms with Crippen LogP contribution >= 0.6 is 11.6 Å². The lowest BCUT2D eigenvalue weighted by molar-refractivity contribution is -0.168. The zero-order valence-corrected chi connectivity index (χ0v) is 18.4. The van der Waals surface area contributed by atoms with E-state index in [-0.39, 0.29) is 11.8 Å². The van der Waals surface area contributed by atoms with Gasteiger partial charge in [-0.1, -0.05) is 29.8 Å². The number of fused-ring (bicyclic) bond motifs is 2. The van der Waals surface area contributed by atoms with Crippen LogP contribution in [-0.2, 0) is 18.3 Å². The number of likely N-dealkylation sites (N-methyl/N-ethyl adjacent to an activating group) is 1. The Bertz CT molecular complexity index is 1290. The summed E-state index contributed by atoms with van der Waals surface area (Å²) in [5, 5.41) is 23.8. The Morgan fingerprint density at radius 3 is 2.75 bits per heavy atom. The van der Waals surface area contributed by atoms with Crippen molar-refractivity contribution < 1.29 is 14.9 Å². The SMILES string of the molecule is CN1CC[C@]23c4c5ccc(O)c4O[C@H]2c2ncc(-c4ccc(Cl)cc4)cc2C[C@@]3(O)[C@H]1C5. The highest BCUT2D eigenvalue weighted by atomic mass is 35.5. The van der Waals surface area contributed by atoms with Gasteiger partial charge < -0.3 is 19.8 Å². The Labute approximate surface area is 191 Å². The van der Waals surface area contributed by atoms with Crippen LogP contribution in [0, 0.1) is 0 Å². The number of nitrogens with zero attached hydrogens (tertiary/aromatic N) is 2. The van der Waals surface area contributed by atoms with E-state index in [1.807, 2.05) is 36.5 Å². The number of aromatic nitrogens is 1. The molecule has 0 saturated carbocycles. The minimum atomic E-state index is -0.996. The van der Waals surface area contributed by atoms with Crippen molar-refractivity contribution in [3.8, 4) is 22.6 Å². The predicted octanol–water partition coefficient (Wildman–Crippen LogP) is 4.03. The summed E-state index contributed by atoms with van der Waals surface area (Å²) in [6.45, 7) is 0.875. The van der Waals surface area contributed by atoms with Gasteiger partial charge in [-0.15, -0.1) is 0 Å². The number of halogens is 1. The predicted molar refractivity (Wildman–Crippen MR) is 121 cm³/mol. The van der Waals surface area contributed by atoms with E-state index in [0.717, 1.165) is 47.3 Å². The number of aliphatic hydroxyl groups is 1. The lowest BCUT2D eigenvalue weighted by Crippen LogP contribution is -2.74. The van der Waals surface area contributed by atoms with Gasteiger partial charge in [-0.05, 0) is 67.4 Å². The molecule has 7 rings (SSSR count). The van der Waals surface area contributed by atoms with Crippen molar-refractivity contribution in [3.05, 3.63) is 76.1 Å². The highest BCUT2D eigenvalue weighted by molar-refractivity contribution is 6.30. The van der Waals surface area contributed by atoms with Crippen molar-refractivity contribution in [3.63, 3.8) is 0 Å². The monoisotopic (exact) mass is 446 g/mol. The number of ether oxygens (including phenoxy) is 1. The molecule has 6 heteroatoms. The summed E-state index contributed by atoms with van der Waals surface area (Å²) >= 11 is 6.07. The molecule has 32 heavy (non-hydrogen) atoms. The largest absolute Gasteiger partial charge is 0.504 e. The van der Waals surface area contributed by atoms with Crippen molar-refractivity contribution in [2.24, 2.45) is 0 Å². The van der Waals surface area contributed by atoms with Crippen molar-refractivity contribution in [1.82, 2.24) is 9.88 Å². The Hall–Kier alpha value is -2.60. The molecule has 0 radical (unpaired) electrons. The van der Waals surface area contributed by atoms with E-state index in [2.05, 4.69) is 18.0 Å². The number of phenolic OH excluding ortho intramolecular Hbond substituents is 1. The van der Waals surface area contributed by atoms with Gasteiger partial charge >= 0.3 is 0 Å². The molecule has 0 unspecified atom stereocenters. The van der Waals surface area contributed by atoms with Crippen LogP contribution in [0.15, 0.2) is 48.7 Å². The molecule has 162 valence electrons. The summed E-state index contributed by atoms with van der Waals surface area (Å²) in [5.74, 6) is 0.678. The van der Waals surface area contributed by atoms with Crippen LogP contribution in [0.1, 0.15) is 34.9 Å². The lowest BCUT2D eigenvalue weighted by atomic mass is 9.49. The molecule has 2 aliphatic heterocycles. The van der Waals surface area contributed by atoms with Gasteiger partial charge in [-0.2, -0.15) is 0 Å². The van der Waals surface area contributed by atoms with E-state index in [1.165, 1.54) is 5.56 Å². The number of hydrogen-bond acceptors (Lipinski definition) is 5. The lowest BCUT2D eigenvalue weighted by Gasteiger charge is -2.62. The molecule has 4 atom stereocenters. The molecule has 1 spiro atoms. The highest BCUT2D eigenvalue weighted by Crippen LogP contribution is 2.68. The maximum absolute atomic E-state index is 12.5. The molecule has 3 aromatic rings. The first-order valence-corrected chi connectivity index (χ1v) is 11.5. The third kappa shape index (κ3) is 2.10. The van der Waals surface area contributed by atoms with Gasteiger partial charge in [0.05, 0.1) is 16.7 Å². The molecule has 2 aromatic carbocycles. The molecule has 1 aromatic heterocycles. The Morgan fingerprint density at radius 1 is 1.12 bits per heavy atom. The molecule has 4 aliphatic rings. The molecule has 1 fully saturated rings. The quantitative estimate of drug-likeness (QED) is 0.591. The van der Waals surface area contributed by atoms with Crippen molar-refractivity contribution in [1.29, 1.82) is 0 Å². The first-order valence-electron chi connectivity index (χ1n) is 11.1. The molecule has 5 nitrogen and oxygen atoms in total. The molecule has 2 bridgehead atoms. The topological polar surface area (TPSA) is 65.8 Å². The first kappa shape index (κ1) is 18.9. The number of likely N-dealkylation sites (tertiary alicyclic amines) is 1. The zero-order chi connectivity index (χ0) is 21.8. The van der Waals surface area contributed by atoms with Crippen LogP contribution in [0.5, 0.6) is 11.5 Å². The summed E-state index contributed by atoms with van der Waals surface area (Å²) < 4.78 is 6.49. The van der Waals surface area contributed by atoms with Gasteiger partial charge in [-0.25, -0.2) is 0 Å². The van der Waals surface area contributed by atoms with Crippen LogP contribution in [-0.4, -0.2) is 45.3 Å². The molecule has 2 N–H and O–H groups in total. The van der Waals surface area contributed by atoms with Crippen molar-refractivity contribution in [2.45, 2.75) is 42.4 Å². The van der Waals surface area contributed by atoms with Crippen LogP contribution in [0.25, 0.3) is 11.1 Å². The maximum Gasteiger partial charge on any atom is 0.166 e. The molecule has 2 aliphatic carbocycles. The standard InChI is InChI=1S/C26H23ClN2O3/c1-29-9-8-25-21-15-4-7-19(30)23(21)32-24(25)22-16(12-26(25,31)20(29)11-15)10-17(13-28-22)14-2-5-18(27)6-3-14/h2-7,10,13,20,24,30-31H,8-9,11-12H2,1H3/t20-,24+,25+,26-/m1/s1. The fraction of sp³-hybridized carbons (Fsp3) is 0.346. The number of hydrogen-bond donors (Lipinski definition) is 2. The number of pyridine rings is 1. The third-order valence-electron chi connectivity index (χ3n) is 8.37. The molecular formula is C26H23ClN2O3. The van der Waals surface area contributed by atoms with Gasteiger partial charge in [0.2, 0.25) is 0 Å². The van der Waals surface area contributed by atoms with Gasteiger partial charge in [0.25, 0.3) is 0 Å². The summed E-state index contributed by atoms with van der Waals surface area (Å²) in [6, 6.07) is 13.6. The van der Waals surface area contributed by atoms with E-state index >= 15 is 0 Å². The maximum atomic E-state index is 12.5. The fourth-order valence-corrected chi connectivity index (χ4v) is 7.04. The smallest absolute Gasteiger partial charge is 0.166 e. The Morgan fingerprint density at radius 2 is 1.94 bits per heavy atom. The molecule has 0 amide bonds. The third-order valence-corrected chi connectivity index (χ3v) is 8.62. The van der Waals surface area contributed by atoms with Crippen LogP contribution in [0.4, 0.5) is 0 Å². The van der Waals surface area contributed by atoms with Gasteiger partial charge in [-0.3, -0.25) is 4.98 Å². The summed E-state index contributed by atoms with van der Waals surface area (Å²) in [7, 11) is 2.10. The minimum Gasteiger partial charge on any atom is -0.504 e. The summed E-state index contributed by atoms with van der Waals surface area (Å²) in [4.78, 5) is 7.18. The normalized spacial score (nSPS) is 31.6.